The number of aryl methyl sites for hydroxylation is 1. The molecule has 20 heavy (non-hydrogen) atoms. The smallest absolute Gasteiger partial charge is 0.216 e. The van der Waals surface area contributed by atoms with Crippen molar-refractivity contribution in [3.05, 3.63) is 29.8 Å². The number of hydrogen-bond donors (Lipinski definition) is 1. The Morgan fingerprint density at radius 2 is 2.10 bits per heavy atom. The molecule has 0 saturated heterocycles. The number of benzene rings is 1. The molecule has 2 aromatic rings. The molecule has 0 fully saturated rings. The summed E-state index contributed by atoms with van der Waals surface area (Å²) in [5.74, 6) is 1.63. The van der Waals surface area contributed by atoms with Gasteiger partial charge in [-0.05, 0) is 12.5 Å². The Balaban J connectivity index is 2.08. The molecule has 0 atom stereocenters. The number of nitrogens with one attached hydrogen (secondary N) is 1. The molecule has 1 heterocycles. The van der Waals surface area contributed by atoms with Crippen LogP contribution in [0.15, 0.2) is 29.4 Å². The minimum Gasteiger partial charge on any atom is -0.356 e. The van der Waals surface area contributed by atoms with Gasteiger partial charge in [-0.3, -0.25) is 4.79 Å². The molecular formula is C14H18N4OS. The maximum Gasteiger partial charge on any atom is 0.216 e. The van der Waals surface area contributed by atoms with Crippen molar-refractivity contribution in [2.24, 2.45) is 7.05 Å². The number of thioether (sulfide) groups is 1. The van der Waals surface area contributed by atoms with Crippen LogP contribution in [-0.4, -0.2) is 33.0 Å². The highest BCUT2D eigenvalue weighted by atomic mass is 32.2. The first-order valence-electron chi connectivity index (χ1n) is 6.42. The zero-order valence-corrected chi connectivity index (χ0v) is 12.7. The Bertz CT molecular complexity index is 609. The Hall–Kier alpha value is -1.82. The predicted molar refractivity (Wildman–Crippen MR) is 80.6 cm³/mol. The van der Waals surface area contributed by atoms with E-state index in [1.54, 1.807) is 11.8 Å². The third-order valence-electron chi connectivity index (χ3n) is 2.93. The van der Waals surface area contributed by atoms with Gasteiger partial charge < -0.3 is 9.88 Å². The summed E-state index contributed by atoms with van der Waals surface area (Å²) in [6, 6.07) is 8.12. The van der Waals surface area contributed by atoms with Crippen molar-refractivity contribution in [1.82, 2.24) is 20.1 Å². The lowest BCUT2D eigenvalue weighted by Crippen LogP contribution is -2.22. The monoisotopic (exact) mass is 290 g/mol. The molecule has 0 aliphatic rings. The average molecular weight is 290 g/mol. The summed E-state index contributed by atoms with van der Waals surface area (Å²) in [5.41, 5.74) is 2.27. The quantitative estimate of drug-likeness (QED) is 0.676. The zero-order chi connectivity index (χ0) is 14.5. The average Bonchev–Trinajstić information content (AvgIpc) is 2.77. The topological polar surface area (TPSA) is 59.8 Å². The highest BCUT2D eigenvalue weighted by Crippen LogP contribution is 2.24. The number of nitrogens with zero attached hydrogens (tertiary/aromatic N) is 3. The van der Waals surface area contributed by atoms with E-state index in [9.17, 15) is 4.79 Å². The number of aromatic nitrogens is 3. The predicted octanol–water partition coefficient (Wildman–Crippen LogP) is 2.02. The standard InChI is InChI=1S/C14H18N4OS/c1-10-6-4-5-7-12(10)13-16-17-14(18(13)3)20-9-8-15-11(2)19/h4-7H,8-9H2,1-3H3,(H,15,19). The molecule has 2 rings (SSSR count). The summed E-state index contributed by atoms with van der Waals surface area (Å²) in [7, 11) is 1.96. The first-order chi connectivity index (χ1) is 9.59. The van der Waals surface area contributed by atoms with E-state index >= 15 is 0 Å². The van der Waals surface area contributed by atoms with Crippen LogP contribution in [0.4, 0.5) is 0 Å². The van der Waals surface area contributed by atoms with Crippen LogP contribution in [0.3, 0.4) is 0 Å². The largest absolute Gasteiger partial charge is 0.356 e. The Morgan fingerprint density at radius 3 is 2.80 bits per heavy atom. The fourth-order valence-corrected chi connectivity index (χ4v) is 2.63. The Labute approximate surface area is 122 Å². The number of carbonyl (C=O) groups is 1. The van der Waals surface area contributed by atoms with Gasteiger partial charge in [-0.25, -0.2) is 0 Å². The van der Waals surface area contributed by atoms with E-state index in [0.717, 1.165) is 22.3 Å². The van der Waals surface area contributed by atoms with Crippen LogP contribution in [0.5, 0.6) is 0 Å². The molecule has 0 spiro atoms. The van der Waals surface area contributed by atoms with Gasteiger partial charge in [0.2, 0.25) is 5.91 Å². The SMILES string of the molecule is CC(=O)NCCSc1nnc(-c2ccccc2C)n1C. The van der Waals surface area contributed by atoms with Crippen molar-refractivity contribution in [2.75, 3.05) is 12.3 Å². The lowest BCUT2D eigenvalue weighted by atomic mass is 10.1. The second-order valence-corrected chi connectivity index (χ2v) is 5.57. The molecule has 0 unspecified atom stereocenters. The van der Waals surface area contributed by atoms with Crippen molar-refractivity contribution in [3.63, 3.8) is 0 Å². The maximum atomic E-state index is 10.8. The normalized spacial score (nSPS) is 10.6. The molecule has 0 aliphatic heterocycles. The molecule has 0 bridgehead atoms. The van der Waals surface area contributed by atoms with Gasteiger partial charge in [0, 0.05) is 31.8 Å². The first-order valence-corrected chi connectivity index (χ1v) is 7.41. The number of rotatable bonds is 5. The van der Waals surface area contributed by atoms with Gasteiger partial charge in [0.05, 0.1) is 0 Å². The third-order valence-corrected chi connectivity index (χ3v) is 3.95. The zero-order valence-electron chi connectivity index (χ0n) is 11.9. The molecule has 1 aromatic carbocycles. The lowest BCUT2D eigenvalue weighted by Gasteiger charge is -2.06. The van der Waals surface area contributed by atoms with E-state index < -0.39 is 0 Å². The third kappa shape index (κ3) is 3.39. The lowest BCUT2D eigenvalue weighted by molar-refractivity contribution is -0.118. The van der Waals surface area contributed by atoms with Crippen molar-refractivity contribution < 1.29 is 4.79 Å². The van der Waals surface area contributed by atoms with Gasteiger partial charge in [0.1, 0.15) is 0 Å². The summed E-state index contributed by atoms with van der Waals surface area (Å²) in [5, 5.41) is 12.1. The summed E-state index contributed by atoms with van der Waals surface area (Å²) >= 11 is 1.59. The van der Waals surface area contributed by atoms with Crippen molar-refractivity contribution in [2.45, 2.75) is 19.0 Å². The summed E-state index contributed by atoms with van der Waals surface area (Å²) in [6.07, 6.45) is 0. The van der Waals surface area contributed by atoms with Gasteiger partial charge in [-0.2, -0.15) is 0 Å². The minimum absolute atomic E-state index is 0.0100. The minimum atomic E-state index is -0.0100. The summed E-state index contributed by atoms with van der Waals surface area (Å²) < 4.78 is 1.99. The highest BCUT2D eigenvalue weighted by Gasteiger charge is 2.12. The van der Waals surface area contributed by atoms with E-state index in [4.69, 9.17) is 0 Å². The van der Waals surface area contributed by atoms with Gasteiger partial charge >= 0.3 is 0 Å². The number of carbonyl (C=O) groups excluding carboxylic acids is 1. The molecule has 1 N–H and O–H groups in total. The van der Waals surface area contributed by atoms with E-state index in [0.29, 0.717) is 6.54 Å². The molecule has 1 aromatic heterocycles. The fourth-order valence-electron chi connectivity index (χ4n) is 1.87. The van der Waals surface area contributed by atoms with Crippen LogP contribution < -0.4 is 5.32 Å². The number of hydrogen-bond acceptors (Lipinski definition) is 4. The first kappa shape index (κ1) is 14.6. The maximum absolute atomic E-state index is 10.8. The number of amides is 1. The molecule has 106 valence electrons. The van der Waals surface area contributed by atoms with Crippen molar-refractivity contribution >= 4 is 17.7 Å². The molecule has 6 heteroatoms. The van der Waals surface area contributed by atoms with Gasteiger partial charge in [-0.1, -0.05) is 36.0 Å². The second-order valence-electron chi connectivity index (χ2n) is 4.51. The molecule has 0 saturated carbocycles. The second kappa shape index (κ2) is 6.56. The van der Waals surface area contributed by atoms with Crippen molar-refractivity contribution in [3.8, 4) is 11.4 Å². The van der Waals surface area contributed by atoms with Crippen LogP contribution in [0.1, 0.15) is 12.5 Å². The van der Waals surface area contributed by atoms with Gasteiger partial charge in [0.25, 0.3) is 0 Å². The van der Waals surface area contributed by atoms with E-state index in [-0.39, 0.29) is 5.91 Å². The molecule has 0 aliphatic carbocycles. The molecule has 1 amide bonds. The summed E-state index contributed by atoms with van der Waals surface area (Å²) in [6.45, 7) is 4.21. The van der Waals surface area contributed by atoms with E-state index in [2.05, 4.69) is 28.5 Å². The van der Waals surface area contributed by atoms with Gasteiger partial charge in [0.15, 0.2) is 11.0 Å². The molecule has 0 radical (unpaired) electrons. The summed E-state index contributed by atoms with van der Waals surface area (Å²) in [4.78, 5) is 10.8. The Morgan fingerprint density at radius 1 is 1.35 bits per heavy atom. The van der Waals surface area contributed by atoms with Gasteiger partial charge in [-0.15, -0.1) is 10.2 Å². The van der Waals surface area contributed by atoms with Crippen LogP contribution in [0, 0.1) is 6.92 Å². The fraction of sp³-hybridized carbons (Fsp3) is 0.357. The Kier molecular flexibility index (Phi) is 4.79. The highest BCUT2D eigenvalue weighted by molar-refractivity contribution is 7.99. The van der Waals surface area contributed by atoms with E-state index in [1.807, 2.05) is 29.8 Å². The van der Waals surface area contributed by atoms with Crippen LogP contribution in [0.2, 0.25) is 0 Å². The van der Waals surface area contributed by atoms with E-state index in [1.165, 1.54) is 12.5 Å². The molecule has 5 nitrogen and oxygen atoms in total. The molecular weight excluding hydrogens is 272 g/mol. The van der Waals surface area contributed by atoms with Crippen LogP contribution in [0.25, 0.3) is 11.4 Å². The van der Waals surface area contributed by atoms with Crippen molar-refractivity contribution in [1.29, 1.82) is 0 Å². The van der Waals surface area contributed by atoms with Crippen LogP contribution in [-0.2, 0) is 11.8 Å². The van der Waals surface area contributed by atoms with Crippen LogP contribution >= 0.6 is 11.8 Å².